The van der Waals surface area contributed by atoms with Crippen molar-refractivity contribution in [2.45, 2.75) is 39.3 Å². The van der Waals surface area contributed by atoms with Gasteiger partial charge in [0.1, 0.15) is 6.61 Å². The van der Waals surface area contributed by atoms with Crippen molar-refractivity contribution in [2.75, 3.05) is 26.8 Å². The second-order valence-electron chi connectivity index (χ2n) is 2.86. The van der Waals surface area contributed by atoms with E-state index in [0.29, 0.717) is 0 Å². The van der Waals surface area contributed by atoms with Crippen molar-refractivity contribution in [1.82, 2.24) is 5.32 Å². The molecule has 1 aliphatic heterocycles. The third-order valence-electron chi connectivity index (χ3n) is 1.52. The highest BCUT2D eigenvalue weighted by molar-refractivity contribution is 4.55. The van der Waals surface area contributed by atoms with Crippen LogP contribution >= 0.6 is 0 Å². The fourth-order valence-electron chi connectivity index (χ4n) is 0.965. The minimum Gasteiger partial charge on any atom is -0.375 e. The topological polar surface area (TPSA) is 21.3 Å². The summed E-state index contributed by atoms with van der Waals surface area (Å²) in [4.78, 5) is 0. The summed E-state index contributed by atoms with van der Waals surface area (Å²) >= 11 is 0. The predicted molar refractivity (Wildman–Crippen MR) is 56.0 cm³/mol. The van der Waals surface area contributed by atoms with Crippen molar-refractivity contribution in [3.05, 3.63) is 0 Å². The van der Waals surface area contributed by atoms with Crippen molar-refractivity contribution in [3.8, 4) is 0 Å². The van der Waals surface area contributed by atoms with Gasteiger partial charge in [0, 0.05) is 7.11 Å². The van der Waals surface area contributed by atoms with Crippen LogP contribution in [0.4, 0.5) is 13.2 Å². The molecule has 0 aromatic heterocycles. The van der Waals surface area contributed by atoms with Gasteiger partial charge in [0.2, 0.25) is 0 Å². The minimum atomic E-state index is -4.17. The van der Waals surface area contributed by atoms with Crippen molar-refractivity contribution in [2.24, 2.45) is 0 Å². The maximum absolute atomic E-state index is 10.9. The lowest BCUT2D eigenvalue weighted by Crippen LogP contribution is -2.21. The molecule has 0 saturated carbocycles. The molecule has 1 fully saturated rings. The van der Waals surface area contributed by atoms with E-state index in [4.69, 9.17) is 0 Å². The highest BCUT2D eigenvalue weighted by Crippen LogP contribution is 2.13. The standard InChI is InChI=1S/C5H11N.C3H5F3O.C2H6/c1-2-4-6-5-3-1;1-7-2-3(4,5)6;1-2/h6H,1-5H2;2H2,1H3;1-2H3. The highest BCUT2D eigenvalue weighted by atomic mass is 19.4. The third-order valence-corrected chi connectivity index (χ3v) is 1.52. The molecule has 0 aliphatic carbocycles. The zero-order valence-corrected chi connectivity index (χ0v) is 9.78. The summed E-state index contributed by atoms with van der Waals surface area (Å²) in [5.74, 6) is 0. The van der Waals surface area contributed by atoms with Gasteiger partial charge in [-0.1, -0.05) is 20.3 Å². The lowest BCUT2D eigenvalue weighted by molar-refractivity contribution is -0.167. The first-order valence-electron chi connectivity index (χ1n) is 5.32. The van der Waals surface area contributed by atoms with E-state index in [1.54, 1.807) is 0 Å². The molecule has 2 nitrogen and oxygen atoms in total. The first-order valence-corrected chi connectivity index (χ1v) is 5.32. The number of hydrogen-bond acceptors (Lipinski definition) is 2. The van der Waals surface area contributed by atoms with Gasteiger partial charge < -0.3 is 10.1 Å². The Hall–Kier alpha value is -0.290. The van der Waals surface area contributed by atoms with E-state index in [0.717, 1.165) is 7.11 Å². The highest BCUT2D eigenvalue weighted by Gasteiger charge is 2.26. The molecule has 1 rings (SSSR count). The molecule has 0 aromatic carbocycles. The van der Waals surface area contributed by atoms with Crippen LogP contribution in [0.25, 0.3) is 0 Å². The summed E-state index contributed by atoms with van der Waals surface area (Å²) in [6, 6.07) is 0. The normalized spacial score (nSPS) is 15.6. The molecule has 0 spiro atoms. The van der Waals surface area contributed by atoms with E-state index in [2.05, 4.69) is 10.1 Å². The Bertz CT molecular complexity index is 102. The van der Waals surface area contributed by atoms with Crippen LogP contribution in [0, 0.1) is 0 Å². The Kier molecular flexibility index (Phi) is 13.4. The number of ether oxygens (including phenoxy) is 1. The summed E-state index contributed by atoms with van der Waals surface area (Å²) in [6.07, 6.45) is 0.0434. The summed E-state index contributed by atoms with van der Waals surface area (Å²) in [5.41, 5.74) is 0. The predicted octanol–water partition coefficient (Wildman–Crippen LogP) is 2.98. The summed E-state index contributed by atoms with van der Waals surface area (Å²) in [5, 5.41) is 3.28. The van der Waals surface area contributed by atoms with Crippen molar-refractivity contribution >= 4 is 0 Å². The van der Waals surface area contributed by atoms with Crippen LogP contribution in [0.2, 0.25) is 0 Å². The molecule has 15 heavy (non-hydrogen) atoms. The van der Waals surface area contributed by atoms with Gasteiger partial charge in [0.05, 0.1) is 0 Å². The zero-order chi connectivity index (χ0) is 12.2. The van der Waals surface area contributed by atoms with Crippen LogP contribution in [0.5, 0.6) is 0 Å². The molecule has 5 heteroatoms. The van der Waals surface area contributed by atoms with Crippen LogP contribution < -0.4 is 5.32 Å². The molecule has 0 unspecified atom stereocenters. The van der Waals surface area contributed by atoms with E-state index < -0.39 is 12.8 Å². The summed E-state index contributed by atoms with van der Waals surface area (Å²) in [7, 11) is 1.01. The average Bonchev–Trinajstić information content (AvgIpc) is 2.22. The number of hydrogen-bond donors (Lipinski definition) is 1. The minimum absolute atomic E-state index is 1.01. The fourth-order valence-corrected chi connectivity index (χ4v) is 0.965. The van der Waals surface area contributed by atoms with E-state index >= 15 is 0 Å². The van der Waals surface area contributed by atoms with Crippen LogP contribution in [-0.2, 0) is 4.74 Å². The van der Waals surface area contributed by atoms with Crippen LogP contribution in [-0.4, -0.2) is 33.0 Å². The maximum Gasteiger partial charge on any atom is 0.411 e. The molecule has 0 radical (unpaired) electrons. The first-order chi connectivity index (χ1) is 7.06. The van der Waals surface area contributed by atoms with Gasteiger partial charge in [-0.05, 0) is 25.9 Å². The molecule has 0 amide bonds. The van der Waals surface area contributed by atoms with Gasteiger partial charge in [0.15, 0.2) is 0 Å². The molecule has 94 valence electrons. The number of piperidine rings is 1. The Labute approximate surface area is 90.2 Å². The van der Waals surface area contributed by atoms with Crippen molar-refractivity contribution < 1.29 is 17.9 Å². The van der Waals surface area contributed by atoms with Crippen LogP contribution in [0.3, 0.4) is 0 Å². The average molecular weight is 229 g/mol. The van der Waals surface area contributed by atoms with Crippen LogP contribution in [0.1, 0.15) is 33.1 Å². The molecule has 0 aromatic rings. The Balaban J connectivity index is 0. The van der Waals surface area contributed by atoms with E-state index in [9.17, 15) is 13.2 Å². The Morgan fingerprint density at radius 3 is 1.60 bits per heavy atom. The fraction of sp³-hybridized carbons (Fsp3) is 1.00. The third kappa shape index (κ3) is 19.9. The largest absolute Gasteiger partial charge is 0.411 e. The monoisotopic (exact) mass is 229 g/mol. The summed E-state index contributed by atoms with van der Waals surface area (Å²) < 4.78 is 36.6. The van der Waals surface area contributed by atoms with Crippen LogP contribution in [0.15, 0.2) is 0 Å². The number of alkyl halides is 3. The lowest BCUT2D eigenvalue weighted by Gasteiger charge is -2.08. The number of rotatable bonds is 1. The second kappa shape index (κ2) is 11.8. The smallest absolute Gasteiger partial charge is 0.375 e. The van der Waals surface area contributed by atoms with Gasteiger partial charge in [-0.2, -0.15) is 13.2 Å². The quantitative estimate of drug-likeness (QED) is 0.746. The van der Waals surface area contributed by atoms with Gasteiger partial charge in [-0.15, -0.1) is 0 Å². The van der Waals surface area contributed by atoms with Crippen molar-refractivity contribution in [3.63, 3.8) is 0 Å². The molecular formula is C10H22F3NO. The van der Waals surface area contributed by atoms with E-state index in [1.165, 1.54) is 32.4 Å². The first kappa shape index (κ1) is 17.1. The molecular weight excluding hydrogens is 207 g/mol. The number of methoxy groups -OCH3 is 1. The van der Waals surface area contributed by atoms with Gasteiger partial charge in [0.25, 0.3) is 0 Å². The van der Waals surface area contributed by atoms with E-state index in [-0.39, 0.29) is 0 Å². The summed E-state index contributed by atoms with van der Waals surface area (Å²) in [6.45, 7) is 5.34. The van der Waals surface area contributed by atoms with E-state index in [1.807, 2.05) is 13.8 Å². The van der Waals surface area contributed by atoms with Gasteiger partial charge in [-0.3, -0.25) is 0 Å². The molecule has 0 atom stereocenters. The number of nitrogens with one attached hydrogen (secondary N) is 1. The number of halogens is 3. The second-order valence-corrected chi connectivity index (χ2v) is 2.86. The SMILES string of the molecule is C1CCNCC1.CC.COCC(F)(F)F. The molecule has 1 saturated heterocycles. The zero-order valence-electron chi connectivity index (χ0n) is 9.78. The Morgan fingerprint density at radius 2 is 1.53 bits per heavy atom. The van der Waals surface area contributed by atoms with Gasteiger partial charge >= 0.3 is 6.18 Å². The van der Waals surface area contributed by atoms with Crippen molar-refractivity contribution in [1.29, 1.82) is 0 Å². The molecule has 1 heterocycles. The lowest BCUT2D eigenvalue weighted by atomic mass is 10.2. The molecule has 1 aliphatic rings. The van der Waals surface area contributed by atoms with Gasteiger partial charge in [-0.25, -0.2) is 0 Å². The molecule has 0 bridgehead atoms. The Morgan fingerprint density at radius 1 is 1.07 bits per heavy atom. The maximum atomic E-state index is 10.9. The molecule has 1 N–H and O–H groups in total.